The number of hydrogen-bond acceptors (Lipinski definition) is 3. The van der Waals surface area contributed by atoms with Gasteiger partial charge >= 0.3 is 0 Å². The molecule has 0 unspecified atom stereocenters. The molecule has 0 spiro atoms. The van der Waals surface area contributed by atoms with Gasteiger partial charge in [-0.3, -0.25) is 0 Å². The van der Waals surface area contributed by atoms with Crippen molar-refractivity contribution in [3.63, 3.8) is 0 Å². The van der Waals surface area contributed by atoms with Gasteiger partial charge in [0.1, 0.15) is 0 Å². The van der Waals surface area contributed by atoms with Crippen LogP contribution in [0.5, 0.6) is 0 Å². The molecule has 0 saturated carbocycles. The number of hydrogen-bond donors (Lipinski definition) is 1. The second-order valence-electron chi connectivity index (χ2n) is 1.88. The third-order valence-corrected chi connectivity index (χ3v) is 1.21. The van der Waals surface area contributed by atoms with Crippen molar-refractivity contribution in [1.29, 1.82) is 0 Å². The average Bonchev–Trinajstić information content (AvgIpc) is 1.99. The summed E-state index contributed by atoms with van der Waals surface area (Å²) in [4.78, 5) is 1.81. The average molecular weight is 142 g/mol. The quantitative estimate of drug-likeness (QED) is 0.621. The van der Waals surface area contributed by atoms with Gasteiger partial charge in [0, 0.05) is 20.4 Å². The molecule has 0 fully saturated rings. The van der Waals surface area contributed by atoms with Crippen molar-refractivity contribution in [2.45, 2.75) is 0 Å². The van der Waals surface area contributed by atoms with E-state index in [1.807, 2.05) is 11.9 Å². The van der Waals surface area contributed by atoms with Crippen molar-refractivity contribution in [3.05, 3.63) is 24.7 Å². The predicted molar refractivity (Wildman–Crippen MR) is 42.1 cm³/mol. The summed E-state index contributed by atoms with van der Waals surface area (Å²) in [5.74, 6) is 0. The van der Waals surface area contributed by atoms with Gasteiger partial charge in [-0.05, 0) is 6.20 Å². The molecule has 0 bridgehead atoms. The fourth-order valence-electron chi connectivity index (χ4n) is 0.533. The number of methoxy groups -OCH3 is 1. The summed E-state index contributed by atoms with van der Waals surface area (Å²) in [5.41, 5.74) is 6.20. The zero-order valence-electron chi connectivity index (χ0n) is 6.50. The van der Waals surface area contributed by atoms with Gasteiger partial charge in [-0.15, -0.1) is 0 Å². The van der Waals surface area contributed by atoms with E-state index < -0.39 is 0 Å². The van der Waals surface area contributed by atoms with E-state index in [0.717, 1.165) is 5.70 Å². The van der Waals surface area contributed by atoms with E-state index in [1.165, 1.54) is 6.20 Å². The fraction of sp³-hybridized carbons (Fsp3) is 0.429. The first kappa shape index (κ1) is 9.04. The minimum atomic E-state index is 0.513. The van der Waals surface area contributed by atoms with Crippen molar-refractivity contribution in [2.24, 2.45) is 5.73 Å². The molecule has 0 aromatic carbocycles. The van der Waals surface area contributed by atoms with Gasteiger partial charge in [-0.25, -0.2) is 0 Å². The molecule has 0 aliphatic rings. The summed E-state index contributed by atoms with van der Waals surface area (Å²) in [7, 11) is 3.49. The number of nitrogens with two attached hydrogens (primary N) is 1. The topological polar surface area (TPSA) is 38.5 Å². The Morgan fingerprint density at radius 2 is 2.40 bits per heavy atom. The molecule has 0 saturated heterocycles. The van der Waals surface area contributed by atoms with Gasteiger partial charge < -0.3 is 15.4 Å². The van der Waals surface area contributed by atoms with Crippen molar-refractivity contribution in [3.8, 4) is 0 Å². The Bertz CT molecular complexity index is 132. The van der Waals surface area contributed by atoms with Crippen molar-refractivity contribution < 1.29 is 4.74 Å². The Morgan fingerprint density at radius 1 is 1.80 bits per heavy atom. The van der Waals surface area contributed by atoms with Crippen LogP contribution in [0.3, 0.4) is 0 Å². The lowest BCUT2D eigenvalue weighted by molar-refractivity contribution is 0.207. The minimum Gasteiger partial charge on any atom is -0.403 e. The normalized spacial score (nSPS) is 11.2. The highest BCUT2D eigenvalue weighted by molar-refractivity contribution is 5.01. The Labute approximate surface area is 61.8 Å². The summed E-state index contributed by atoms with van der Waals surface area (Å²) >= 11 is 0. The van der Waals surface area contributed by atoms with Crippen LogP contribution in [0.15, 0.2) is 24.7 Å². The van der Waals surface area contributed by atoms with E-state index in [0.29, 0.717) is 6.61 Å². The lowest BCUT2D eigenvalue weighted by Gasteiger charge is -2.15. The molecule has 0 atom stereocenters. The van der Waals surface area contributed by atoms with Crippen molar-refractivity contribution >= 4 is 0 Å². The van der Waals surface area contributed by atoms with Gasteiger partial charge in [-0.2, -0.15) is 0 Å². The van der Waals surface area contributed by atoms with E-state index >= 15 is 0 Å². The maximum Gasteiger partial charge on any atom is 0.0878 e. The van der Waals surface area contributed by atoms with Gasteiger partial charge in [0.15, 0.2) is 0 Å². The van der Waals surface area contributed by atoms with Crippen LogP contribution in [0.4, 0.5) is 0 Å². The Balaban J connectivity index is 3.94. The maximum atomic E-state index is 5.30. The first-order valence-electron chi connectivity index (χ1n) is 3.01. The molecule has 0 amide bonds. The minimum absolute atomic E-state index is 0.513. The summed E-state index contributed by atoms with van der Waals surface area (Å²) in [6, 6.07) is 0. The lowest BCUT2D eigenvalue weighted by atomic mass is 10.4. The van der Waals surface area contributed by atoms with Crippen LogP contribution in [-0.4, -0.2) is 25.7 Å². The van der Waals surface area contributed by atoms with Gasteiger partial charge in [0.05, 0.1) is 12.3 Å². The van der Waals surface area contributed by atoms with Gasteiger partial charge in [0.2, 0.25) is 0 Å². The summed E-state index contributed by atoms with van der Waals surface area (Å²) < 4.78 is 4.88. The van der Waals surface area contributed by atoms with Crippen LogP contribution >= 0.6 is 0 Å². The summed E-state index contributed by atoms with van der Waals surface area (Å²) in [6.45, 7) is 4.10. The molecule has 0 heterocycles. The molecular formula is C7H14N2O. The highest BCUT2D eigenvalue weighted by Gasteiger charge is 1.97. The molecule has 0 radical (unpaired) electrons. The number of rotatable bonds is 4. The van der Waals surface area contributed by atoms with Crippen LogP contribution in [-0.2, 0) is 4.74 Å². The molecule has 0 aliphatic heterocycles. The third-order valence-electron chi connectivity index (χ3n) is 1.21. The second-order valence-corrected chi connectivity index (χ2v) is 1.88. The molecule has 58 valence electrons. The van der Waals surface area contributed by atoms with E-state index in [1.54, 1.807) is 13.3 Å². The lowest BCUT2D eigenvalue weighted by Crippen LogP contribution is -2.15. The monoisotopic (exact) mass is 142 g/mol. The zero-order valence-corrected chi connectivity index (χ0v) is 6.50. The Kier molecular flexibility index (Phi) is 4.41. The number of nitrogens with zero attached hydrogens (tertiary/aromatic N) is 1. The molecule has 3 heteroatoms. The molecule has 0 aliphatic carbocycles. The Morgan fingerprint density at radius 3 is 2.70 bits per heavy atom. The smallest absolute Gasteiger partial charge is 0.0878 e. The van der Waals surface area contributed by atoms with E-state index in [9.17, 15) is 0 Å². The standard InChI is InChI=1S/C7H14N2O/c1-4-9(2)7(5-8)6-10-3/h4-5H,1,6,8H2,2-3H3/b7-5-. The molecule has 0 rings (SSSR count). The van der Waals surface area contributed by atoms with Crippen LogP contribution in [0.1, 0.15) is 0 Å². The second kappa shape index (κ2) is 4.88. The van der Waals surface area contributed by atoms with Crippen molar-refractivity contribution in [2.75, 3.05) is 20.8 Å². The predicted octanol–water partition coefficient (Wildman–Crippen LogP) is 0.508. The zero-order chi connectivity index (χ0) is 7.98. The van der Waals surface area contributed by atoms with E-state index in [2.05, 4.69) is 6.58 Å². The highest BCUT2D eigenvalue weighted by Crippen LogP contribution is 1.98. The fourth-order valence-corrected chi connectivity index (χ4v) is 0.533. The molecule has 10 heavy (non-hydrogen) atoms. The van der Waals surface area contributed by atoms with Crippen LogP contribution < -0.4 is 5.73 Å². The van der Waals surface area contributed by atoms with Gasteiger partial charge in [0.25, 0.3) is 0 Å². The van der Waals surface area contributed by atoms with Gasteiger partial charge in [-0.1, -0.05) is 6.58 Å². The number of ether oxygens (including phenoxy) is 1. The first-order valence-corrected chi connectivity index (χ1v) is 3.01. The molecule has 0 aromatic heterocycles. The summed E-state index contributed by atoms with van der Waals surface area (Å²) in [6.07, 6.45) is 3.18. The molecule has 3 nitrogen and oxygen atoms in total. The SMILES string of the molecule is C=CN(C)/C(=C\N)COC. The summed E-state index contributed by atoms with van der Waals surface area (Å²) in [5, 5.41) is 0. The van der Waals surface area contributed by atoms with Crippen LogP contribution in [0.25, 0.3) is 0 Å². The van der Waals surface area contributed by atoms with E-state index in [-0.39, 0.29) is 0 Å². The van der Waals surface area contributed by atoms with Crippen molar-refractivity contribution in [1.82, 2.24) is 4.90 Å². The Hall–Kier alpha value is -0.960. The largest absolute Gasteiger partial charge is 0.403 e. The third kappa shape index (κ3) is 2.55. The van der Waals surface area contributed by atoms with Crippen LogP contribution in [0, 0.1) is 0 Å². The highest BCUT2D eigenvalue weighted by atomic mass is 16.5. The maximum absolute atomic E-state index is 5.30. The van der Waals surface area contributed by atoms with E-state index in [4.69, 9.17) is 10.5 Å². The number of likely N-dealkylation sites (N-methyl/N-ethyl adjacent to an activating group) is 1. The first-order chi connectivity index (χ1) is 4.76. The molecule has 0 aromatic rings. The molecule has 2 N–H and O–H groups in total. The van der Waals surface area contributed by atoms with Crippen LogP contribution in [0.2, 0.25) is 0 Å². The molecular weight excluding hydrogens is 128 g/mol.